The molecule has 1 unspecified atom stereocenters. The SMILES string of the molecule is CCN(CC)C(CNC(=O)Cc1ccccc1O)c1ccccc1. The number of phenols is 1. The second-order valence-electron chi connectivity index (χ2n) is 5.76. The summed E-state index contributed by atoms with van der Waals surface area (Å²) in [5.74, 6) is 0.0839. The van der Waals surface area contributed by atoms with Gasteiger partial charge in [-0.2, -0.15) is 0 Å². The van der Waals surface area contributed by atoms with Crippen LogP contribution in [0.4, 0.5) is 0 Å². The van der Waals surface area contributed by atoms with Gasteiger partial charge in [-0.1, -0.05) is 62.4 Å². The maximum Gasteiger partial charge on any atom is 0.224 e. The number of phenolic OH excluding ortho intramolecular Hbond substituents is 1. The fourth-order valence-corrected chi connectivity index (χ4v) is 2.90. The molecule has 0 radical (unpaired) electrons. The van der Waals surface area contributed by atoms with Gasteiger partial charge in [0, 0.05) is 12.1 Å². The molecule has 0 heterocycles. The molecule has 4 nitrogen and oxygen atoms in total. The first-order valence-electron chi connectivity index (χ1n) is 8.48. The minimum Gasteiger partial charge on any atom is -0.508 e. The van der Waals surface area contributed by atoms with Crippen LogP contribution in [-0.2, 0) is 11.2 Å². The Hall–Kier alpha value is -2.33. The van der Waals surface area contributed by atoms with Gasteiger partial charge >= 0.3 is 0 Å². The van der Waals surface area contributed by atoms with Gasteiger partial charge in [0.05, 0.1) is 12.5 Å². The average molecular weight is 326 g/mol. The molecule has 0 aliphatic carbocycles. The van der Waals surface area contributed by atoms with E-state index in [9.17, 15) is 9.90 Å². The van der Waals surface area contributed by atoms with Crippen molar-refractivity contribution in [3.05, 3.63) is 65.7 Å². The van der Waals surface area contributed by atoms with E-state index in [0.29, 0.717) is 12.1 Å². The molecule has 0 aliphatic rings. The summed E-state index contributed by atoms with van der Waals surface area (Å²) < 4.78 is 0. The summed E-state index contributed by atoms with van der Waals surface area (Å²) in [4.78, 5) is 14.6. The third-order valence-corrected chi connectivity index (χ3v) is 4.27. The third-order valence-electron chi connectivity index (χ3n) is 4.27. The number of carbonyl (C=O) groups is 1. The van der Waals surface area contributed by atoms with E-state index in [4.69, 9.17) is 0 Å². The molecular formula is C20H26N2O2. The van der Waals surface area contributed by atoms with Crippen molar-refractivity contribution in [2.24, 2.45) is 0 Å². The van der Waals surface area contributed by atoms with Crippen molar-refractivity contribution < 1.29 is 9.90 Å². The molecule has 2 rings (SSSR count). The van der Waals surface area contributed by atoms with Crippen molar-refractivity contribution in [3.8, 4) is 5.75 Å². The Balaban J connectivity index is 2.02. The number of hydrogen-bond donors (Lipinski definition) is 2. The quantitative estimate of drug-likeness (QED) is 0.783. The number of nitrogens with zero attached hydrogens (tertiary/aromatic N) is 1. The number of rotatable bonds is 8. The van der Waals surface area contributed by atoms with Gasteiger partial charge in [0.1, 0.15) is 5.75 Å². The van der Waals surface area contributed by atoms with Crippen LogP contribution in [0.5, 0.6) is 5.75 Å². The lowest BCUT2D eigenvalue weighted by molar-refractivity contribution is -0.120. The van der Waals surface area contributed by atoms with E-state index >= 15 is 0 Å². The van der Waals surface area contributed by atoms with Crippen molar-refractivity contribution in [2.75, 3.05) is 19.6 Å². The van der Waals surface area contributed by atoms with Gasteiger partial charge in [-0.05, 0) is 24.7 Å². The van der Waals surface area contributed by atoms with Crippen molar-refractivity contribution in [1.82, 2.24) is 10.2 Å². The number of likely N-dealkylation sites (N-methyl/N-ethyl adjacent to an activating group) is 1. The van der Waals surface area contributed by atoms with Crippen LogP contribution in [0.3, 0.4) is 0 Å². The zero-order valence-corrected chi connectivity index (χ0v) is 14.4. The molecule has 2 aromatic carbocycles. The second-order valence-corrected chi connectivity index (χ2v) is 5.76. The first-order chi connectivity index (χ1) is 11.7. The van der Waals surface area contributed by atoms with Crippen molar-refractivity contribution in [2.45, 2.75) is 26.3 Å². The van der Waals surface area contributed by atoms with Crippen LogP contribution in [0.25, 0.3) is 0 Å². The summed E-state index contributed by atoms with van der Waals surface area (Å²) in [6.45, 7) is 6.65. The molecule has 1 atom stereocenters. The Morgan fingerprint density at radius 2 is 1.67 bits per heavy atom. The van der Waals surface area contributed by atoms with Gasteiger partial charge in [-0.15, -0.1) is 0 Å². The summed E-state index contributed by atoms with van der Waals surface area (Å²) in [5, 5.41) is 12.8. The third kappa shape index (κ3) is 4.83. The van der Waals surface area contributed by atoms with Gasteiger partial charge in [0.25, 0.3) is 0 Å². The van der Waals surface area contributed by atoms with E-state index in [1.54, 1.807) is 18.2 Å². The largest absolute Gasteiger partial charge is 0.508 e. The lowest BCUT2D eigenvalue weighted by atomic mass is 10.0. The molecule has 2 N–H and O–H groups in total. The topological polar surface area (TPSA) is 52.6 Å². The minimum absolute atomic E-state index is 0.0791. The van der Waals surface area contributed by atoms with E-state index < -0.39 is 0 Å². The molecule has 128 valence electrons. The number of para-hydroxylation sites is 1. The van der Waals surface area contributed by atoms with Gasteiger partial charge in [0.15, 0.2) is 0 Å². The highest BCUT2D eigenvalue weighted by atomic mass is 16.3. The molecule has 1 amide bonds. The molecule has 0 aromatic heterocycles. The first kappa shape index (κ1) is 18.0. The Bertz CT molecular complexity index is 639. The summed E-state index contributed by atoms with van der Waals surface area (Å²) in [5.41, 5.74) is 1.85. The summed E-state index contributed by atoms with van der Waals surface area (Å²) >= 11 is 0. The molecule has 4 heteroatoms. The maximum atomic E-state index is 12.3. The van der Waals surface area contributed by atoms with Crippen LogP contribution in [0.2, 0.25) is 0 Å². The zero-order chi connectivity index (χ0) is 17.4. The summed E-state index contributed by atoms with van der Waals surface area (Å²) in [7, 11) is 0. The lowest BCUT2D eigenvalue weighted by Gasteiger charge is -2.30. The monoisotopic (exact) mass is 326 g/mol. The number of hydrogen-bond acceptors (Lipinski definition) is 3. The highest BCUT2D eigenvalue weighted by Gasteiger charge is 2.18. The molecule has 0 saturated heterocycles. The van der Waals surface area contributed by atoms with E-state index in [1.807, 2.05) is 24.3 Å². The van der Waals surface area contributed by atoms with Gasteiger partial charge < -0.3 is 10.4 Å². The lowest BCUT2D eigenvalue weighted by Crippen LogP contribution is -2.38. The van der Waals surface area contributed by atoms with Gasteiger partial charge in [-0.3, -0.25) is 9.69 Å². The van der Waals surface area contributed by atoms with Crippen molar-refractivity contribution in [3.63, 3.8) is 0 Å². The van der Waals surface area contributed by atoms with Crippen molar-refractivity contribution in [1.29, 1.82) is 0 Å². The van der Waals surface area contributed by atoms with Crippen LogP contribution < -0.4 is 5.32 Å². The molecule has 0 bridgehead atoms. The smallest absolute Gasteiger partial charge is 0.224 e. The summed E-state index contributed by atoms with van der Waals surface area (Å²) in [6, 6.07) is 17.3. The fraction of sp³-hybridized carbons (Fsp3) is 0.350. The number of benzene rings is 2. The predicted octanol–water partition coefficient (Wildman–Crippen LogP) is 3.13. The Morgan fingerprint density at radius 1 is 1.04 bits per heavy atom. The molecular weight excluding hydrogens is 300 g/mol. The van der Waals surface area contributed by atoms with Gasteiger partial charge in [-0.25, -0.2) is 0 Å². The molecule has 2 aromatic rings. The molecule has 0 spiro atoms. The Morgan fingerprint density at radius 3 is 2.29 bits per heavy atom. The normalized spacial score (nSPS) is 12.1. The Kier molecular flexibility index (Phi) is 6.82. The number of amides is 1. The standard InChI is InChI=1S/C20H26N2O2/c1-3-22(4-2)18(16-10-6-5-7-11-16)15-21-20(24)14-17-12-8-9-13-19(17)23/h5-13,18,23H,3-4,14-15H2,1-2H3,(H,21,24). The second kappa shape index (κ2) is 9.08. The van der Waals surface area contributed by atoms with Crippen LogP contribution >= 0.6 is 0 Å². The van der Waals surface area contributed by atoms with Crippen LogP contribution in [0.1, 0.15) is 31.0 Å². The molecule has 0 aliphatic heterocycles. The maximum absolute atomic E-state index is 12.3. The average Bonchev–Trinajstić information content (AvgIpc) is 2.61. The van der Waals surface area contributed by atoms with E-state index in [0.717, 1.165) is 13.1 Å². The fourth-order valence-electron chi connectivity index (χ4n) is 2.90. The molecule has 0 fully saturated rings. The number of carbonyl (C=O) groups excluding carboxylic acids is 1. The van der Waals surface area contributed by atoms with Crippen LogP contribution in [0, 0.1) is 0 Å². The van der Waals surface area contributed by atoms with Crippen LogP contribution in [0.15, 0.2) is 54.6 Å². The Labute approximate surface area is 144 Å². The highest BCUT2D eigenvalue weighted by Crippen LogP contribution is 2.20. The highest BCUT2D eigenvalue weighted by molar-refractivity contribution is 5.79. The van der Waals surface area contributed by atoms with E-state index in [2.05, 4.69) is 36.2 Å². The molecule has 0 saturated carbocycles. The number of nitrogens with one attached hydrogen (secondary N) is 1. The molecule has 24 heavy (non-hydrogen) atoms. The summed E-state index contributed by atoms with van der Waals surface area (Å²) in [6.07, 6.45) is 0.187. The number of aromatic hydroxyl groups is 1. The van der Waals surface area contributed by atoms with E-state index in [1.165, 1.54) is 5.56 Å². The zero-order valence-electron chi connectivity index (χ0n) is 14.4. The van der Waals surface area contributed by atoms with Crippen LogP contribution in [-0.4, -0.2) is 35.5 Å². The minimum atomic E-state index is -0.0791. The first-order valence-corrected chi connectivity index (χ1v) is 8.48. The van der Waals surface area contributed by atoms with E-state index in [-0.39, 0.29) is 24.1 Å². The predicted molar refractivity (Wildman–Crippen MR) is 96.9 cm³/mol. The van der Waals surface area contributed by atoms with Crippen molar-refractivity contribution >= 4 is 5.91 Å². The van der Waals surface area contributed by atoms with Gasteiger partial charge in [0.2, 0.25) is 5.91 Å².